The van der Waals surface area contributed by atoms with Gasteiger partial charge in [0.25, 0.3) is 11.5 Å². The minimum absolute atomic E-state index is 0.137. The molecule has 0 radical (unpaired) electrons. The Morgan fingerprint density at radius 2 is 1.68 bits per heavy atom. The van der Waals surface area contributed by atoms with E-state index in [1.54, 1.807) is 18.2 Å². The van der Waals surface area contributed by atoms with Gasteiger partial charge in [0.2, 0.25) is 0 Å². The number of para-hydroxylation sites is 2. The first-order chi connectivity index (χ1) is 13.7. The van der Waals surface area contributed by atoms with Crippen molar-refractivity contribution in [2.75, 3.05) is 0 Å². The van der Waals surface area contributed by atoms with Gasteiger partial charge in [0, 0.05) is 12.7 Å². The van der Waals surface area contributed by atoms with Crippen molar-refractivity contribution in [2.45, 2.75) is 13.1 Å². The van der Waals surface area contributed by atoms with E-state index in [-0.39, 0.29) is 12.1 Å². The number of fused-ring (bicyclic) bond motifs is 1. The Bertz CT molecular complexity index is 1260. The van der Waals surface area contributed by atoms with Gasteiger partial charge in [0.15, 0.2) is 0 Å². The minimum atomic E-state index is -0.397. The van der Waals surface area contributed by atoms with Crippen molar-refractivity contribution in [3.8, 4) is 0 Å². The highest BCUT2D eigenvalue weighted by atomic mass is 16.2. The van der Waals surface area contributed by atoms with E-state index in [1.165, 1.54) is 10.8 Å². The van der Waals surface area contributed by atoms with Gasteiger partial charge in [0.1, 0.15) is 12.0 Å². The van der Waals surface area contributed by atoms with E-state index >= 15 is 0 Å². The van der Waals surface area contributed by atoms with Gasteiger partial charge in [0.05, 0.1) is 17.2 Å². The van der Waals surface area contributed by atoms with E-state index in [9.17, 15) is 9.59 Å². The summed E-state index contributed by atoms with van der Waals surface area (Å²) >= 11 is 0. The molecule has 0 saturated heterocycles. The van der Waals surface area contributed by atoms with Crippen LogP contribution in [0.4, 0.5) is 0 Å². The van der Waals surface area contributed by atoms with Crippen LogP contribution in [0.25, 0.3) is 11.0 Å². The summed E-state index contributed by atoms with van der Waals surface area (Å²) in [6.07, 6.45) is 3.11. The van der Waals surface area contributed by atoms with Crippen LogP contribution in [0.2, 0.25) is 0 Å². The molecule has 0 unspecified atom stereocenters. The van der Waals surface area contributed by atoms with Crippen molar-refractivity contribution < 1.29 is 4.79 Å². The first-order valence-electron chi connectivity index (χ1n) is 8.92. The molecular weight excluding hydrogens is 352 g/mol. The fourth-order valence-corrected chi connectivity index (χ4v) is 3.06. The Morgan fingerprint density at radius 1 is 0.929 bits per heavy atom. The predicted molar refractivity (Wildman–Crippen MR) is 107 cm³/mol. The van der Waals surface area contributed by atoms with Crippen LogP contribution in [-0.2, 0) is 17.9 Å². The quantitative estimate of drug-likeness (QED) is 0.554. The molecule has 0 N–H and O–H groups in total. The van der Waals surface area contributed by atoms with Crippen molar-refractivity contribution in [2.24, 2.45) is 4.99 Å². The molecule has 6 nitrogen and oxygen atoms in total. The van der Waals surface area contributed by atoms with Crippen LogP contribution in [0.15, 0.2) is 95.0 Å². The normalized spacial score (nSPS) is 11.6. The van der Waals surface area contributed by atoms with Crippen LogP contribution < -0.4 is 11.0 Å². The lowest BCUT2D eigenvalue weighted by atomic mass is 10.2. The van der Waals surface area contributed by atoms with Crippen LogP contribution in [0.3, 0.4) is 0 Å². The molecule has 4 aromatic rings. The van der Waals surface area contributed by atoms with Crippen LogP contribution in [-0.4, -0.2) is 20.0 Å². The molecule has 0 aliphatic heterocycles. The van der Waals surface area contributed by atoms with Gasteiger partial charge in [-0.2, -0.15) is 4.99 Å². The third kappa shape index (κ3) is 3.81. The maximum Gasteiger partial charge on any atom is 0.269 e. The Kier molecular flexibility index (Phi) is 4.93. The third-order valence-electron chi connectivity index (χ3n) is 4.40. The molecule has 0 bridgehead atoms. The van der Waals surface area contributed by atoms with E-state index in [4.69, 9.17) is 0 Å². The van der Waals surface area contributed by atoms with Crippen LogP contribution in [0.5, 0.6) is 0 Å². The van der Waals surface area contributed by atoms with Gasteiger partial charge in [-0.15, -0.1) is 0 Å². The molecule has 0 fully saturated rings. The lowest BCUT2D eigenvalue weighted by Crippen LogP contribution is -2.27. The summed E-state index contributed by atoms with van der Waals surface area (Å²) < 4.78 is 3.30. The van der Waals surface area contributed by atoms with Gasteiger partial charge >= 0.3 is 0 Å². The third-order valence-corrected chi connectivity index (χ3v) is 4.40. The van der Waals surface area contributed by atoms with Crippen molar-refractivity contribution in [1.82, 2.24) is 14.1 Å². The topological polar surface area (TPSA) is 69.2 Å². The summed E-state index contributed by atoms with van der Waals surface area (Å²) in [5.41, 5.74) is 2.60. The summed E-state index contributed by atoms with van der Waals surface area (Å²) in [6.45, 7) is 0.466. The monoisotopic (exact) mass is 370 g/mol. The van der Waals surface area contributed by atoms with Crippen molar-refractivity contribution in [3.05, 3.63) is 107 Å². The van der Waals surface area contributed by atoms with E-state index in [2.05, 4.69) is 9.98 Å². The molecule has 0 saturated carbocycles. The van der Waals surface area contributed by atoms with Crippen molar-refractivity contribution in [1.29, 1.82) is 0 Å². The van der Waals surface area contributed by atoms with Gasteiger partial charge in [-0.05, 0) is 29.8 Å². The number of nitrogens with zero attached hydrogens (tertiary/aromatic N) is 4. The summed E-state index contributed by atoms with van der Waals surface area (Å²) in [6, 6.07) is 22.7. The second-order valence-corrected chi connectivity index (χ2v) is 6.35. The average Bonchev–Trinajstić information content (AvgIpc) is 2.72. The smallest absolute Gasteiger partial charge is 0.269 e. The largest absolute Gasteiger partial charge is 0.328 e. The molecule has 0 atom stereocenters. The molecule has 28 heavy (non-hydrogen) atoms. The zero-order chi connectivity index (χ0) is 19.3. The van der Waals surface area contributed by atoms with Crippen LogP contribution in [0.1, 0.15) is 5.56 Å². The maximum atomic E-state index is 12.6. The molecule has 1 amide bonds. The fourth-order valence-electron chi connectivity index (χ4n) is 3.06. The first kappa shape index (κ1) is 17.6. The van der Waals surface area contributed by atoms with Gasteiger partial charge < -0.3 is 4.57 Å². The Labute approximate surface area is 161 Å². The standard InChI is InChI=1S/C22H18N4O2/c27-21(16-26-19-11-5-4-10-18(19)23-14-22(26)28)24-20-12-6-7-13-25(20)15-17-8-2-1-3-9-17/h1-14H,15-16H2. The Morgan fingerprint density at radius 3 is 2.54 bits per heavy atom. The zero-order valence-corrected chi connectivity index (χ0v) is 15.1. The molecule has 4 rings (SSSR count). The number of hydrogen-bond donors (Lipinski definition) is 0. The number of rotatable bonds is 4. The van der Waals surface area contributed by atoms with Crippen LogP contribution in [0, 0.1) is 0 Å². The number of aromatic nitrogens is 3. The fraction of sp³-hybridized carbons (Fsp3) is 0.0909. The Hall–Kier alpha value is -3.80. The summed E-state index contributed by atoms with van der Waals surface area (Å²) in [7, 11) is 0. The average molecular weight is 370 g/mol. The molecule has 2 aromatic carbocycles. The lowest BCUT2D eigenvalue weighted by Gasteiger charge is -2.08. The number of amides is 1. The number of hydrogen-bond acceptors (Lipinski definition) is 3. The van der Waals surface area contributed by atoms with E-state index < -0.39 is 5.91 Å². The minimum Gasteiger partial charge on any atom is -0.328 e. The second kappa shape index (κ2) is 7.84. The molecule has 0 aliphatic rings. The van der Waals surface area contributed by atoms with E-state index in [0.29, 0.717) is 23.1 Å². The highest BCUT2D eigenvalue weighted by Crippen LogP contribution is 2.08. The molecule has 2 aromatic heterocycles. The van der Waals surface area contributed by atoms with Gasteiger partial charge in [-0.1, -0.05) is 48.5 Å². The molecule has 0 aliphatic carbocycles. The lowest BCUT2D eigenvalue weighted by molar-refractivity contribution is -0.118. The number of carbonyl (C=O) groups is 1. The van der Waals surface area contributed by atoms with Crippen molar-refractivity contribution in [3.63, 3.8) is 0 Å². The van der Waals surface area contributed by atoms with Gasteiger partial charge in [-0.25, -0.2) is 4.98 Å². The molecule has 0 spiro atoms. The SMILES string of the molecule is O=C(Cn1c(=O)cnc2ccccc21)N=c1ccccn1Cc1ccccc1. The predicted octanol–water partition coefficient (Wildman–Crippen LogP) is 2.37. The number of carbonyl (C=O) groups excluding carboxylic acids is 1. The van der Waals surface area contributed by atoms with Gasteiger partial charge in [-0.3, -0.25) is 14.2 Å². The maximum absolute atomic E-state index is 12.6. The van der Waals surface area contributed by atoms with Crippen molar-refractivity contribution >= 4 is 16.9 Å². The highest BCUT2D eigenvalue weighted by Gasteiger charge is 2.08. The summed E-state index contributed by atoms with van der Waals surface area (Å²) in [5, 5.41) is 0. The molecule has 6 heteroatoms. The summed E-state index contributed by atoms with van der Waals surface area (Å²) in [5.74, 6) is -0.397. The molecule has 2 heterocycles. The van der Waals surface area contributed by atoms with E-state index in [1.807, 2.05) is 65.4 Å². The molecule has 138 valence electrons. The highest BCUT2D eigenvalue weighted by molar-refractivity contribution is 5.80. The number of benzene rings is 2. The second-order valence-electron chi connectivity index (χ2n) is 6.35. The molecular formula is C22H18N4O2. The van der Waals surface area contributed by atoms with Crippen LogP contribution >= 0.6 is 0 Å². The summed E-state index contributed by atoms with van der Waals surface area (Å²) in [4.78, 5) is 33.2. The first-order valence-corrected chi connectivity index (χ1v) is 8.92. The Balaban J connectivity index is 1.67. The zero-order valence-electron chi connectivity index (χ0n) is 15.1. The van der Waals surface area contributed by atoms with E-state index in [0.717, 1.165) is 5.56 Å². The number of pyridine rings is 1.